The van der Waals surface area contributed by atoms with Gasteiger partial charge in [0, 0.05) is 6.20 Å². The van der Waals surface area contributed by atoms with E-state index in [-0.39, 0.29) is 6.42 Å². The van der Waals surface area contributed by atoms with E-state index in [1.165, 1.54) is 0 Å². The van der Waals surface area contributed by atoms with Gasteiger partial charge in [0.15, 0.2) is 0 Å². The van der Waals surface area contributed by atoms with Crippen molar-refractivity contribution in [2.45, 2.75) is 31.7 Å². The van der Waals surface area contributed by atoms with Crippen molar-refractivity contribution < 1.29 is 9.90 Å². The first-order valence-corrected chi connectivity index (χ1v) is 6.01. The van der Waals surface area contributed by atoms with Crippen molar-refractivity contribution >= 4 is 5.97 Å². The lowest BCUT2D eigenvalue weighted by Crippen LogP contribution is -2.44. The number of aromatic nitrogens is 1. The van der Waals surface area contributed by atoms with Crippen molar-refractivity contribution in [2.24, 2.45) is 0 Å². The van der Waals surface area contributed by atoms with Crippen LogP contribution >= 0.6 is 0 Å². The van der Waals surface area contributed by atoms with Gasteiger partial charge in [-0.1, -0.05) is 6.07 Å². The molecule has 2 heterocycles. The van der Waals surface area contributed by atoms with Crippen LogP contribution in [0.2, 0.25) is 0 Å². The van der Waals surface area contributed by atoms with Crippen LogP contribution < -0.4 is 0 Å². The maximum absolute atomic E-state index is 11.1. The Labute approximate surface area is 101 Å². The van der Waals surface area contributed by atoms with Crippen molar-refractivity contribution in [1.29, 1.82) is 0 Å². The molecule has 1 N–H and O–H groups in total. The average molecular weight is 234 g/mol. The summed E-state index contributed by atoms with van der Waals surface area (Å²) in [6.45, 7) is 3.90. The van der Waals surface area contributed by atoms with Crippen LogP contribution in [0.5, 0.6) is 0 Å². The van der Waals surface area contributed by atoms with Crippen molar-refractivity contribution in [2.75, 3.05) is 13.1 Å². The zero-order chi connectivity index (χ0) is 12.3. The van der Waals surface area contributed by atoms with Gasteiger partial charge in [-0.3, -0.25) is 14.7 Å². The normalized spacial score (nSPS) is 20.1. The van der Waals surface area contributed by atoms with Crippen LogP contribution in [0, 0.1) is 0 Å². The Morgan fingerprint density at radius 2 is 2.18 bits per heavy atom. The molecule has 1 aromatic heterocycles. The number of pyridine rings is 1. The Bertz CT molecular complexity index is 388. The molecular weight excluding hydrogens is 216 g/mol. The molecule has 4 nitrogen and oxygen atoms in total. The van der Waals surface area contributed by atoms with Gasteiger partial charge in [-0.05, 0) is 45.0 Å². The van der Waals surface area contributed by atoms with Crippen molar-refractivity contribution in [3.05, 3.63) is 30.1 Å². The number of hydrogen-bond donors (Lipinski definition) is 1. The molecule has 1 unspecified atom stereocenters. The van der Waals surface area contributed by atoms with Gasteiger partial charge in [-0.15, -0.1) is 0 Å². The van der Waals surface area contributed by atoms with E-state index in [0.717, 1.165) is 31.6 Å². The van der Waals surface area contributed by atoms with Gasteiger partial charge in [0.1, 0.15) is 0 Å². The molecule has 2 rings (SSSR count). The fourth-order valence-corrected chi connectivity index (χ4v) is 2.55. The predicted octanol–water partition coefficient (Wildman–Crippen LogP) is 1.87. The van der Waals surface area contributed by atoms with E-state index in [1.54, 1.807) is 6.20 Å². The first kappa shape index (κ1) is 12.0. The van der Waals surface area contributed by atoms with E-state index in [0.29, 0.717) is 0 Å². The quantitative estimate of drug-likeness (QED) is 0.864. The standard InChI is InChI=1S/C13H18N2O2/c1-13(10-12(16)17,15-8-4-5-9-15)11-6-2-3-7-14-11/h2-3,6-7H,4-5,8-10H2,1H3,(H,16,17). The van der Waals surface area contributed by atoms with Crippen molar-refractivity contribution in [1.82, 2.24) is 9.88 Å². The van der Waals surface area contributed by atoms with E-state index in [2.05, 4.69) is 9.88 Å². The summed E-state index contributed by atoms with van der Waals surface area (Å²) < 4.78 is 0. The minimum Gasteiger partial charge on any atom is -0.481 e. The lowest BCUT2D eigenvalue weighted by Gasteiger charge is -2.37. The SMILES string of the molecule is CC(CC(=O)O)(c1ccccn1)N1CCCC1. The zero-order valence-electron chi connectivity index (χ0n) is 10.1. The summed E-state index contributed by atoms with van der Waals surface area (Å²) in [4.78, 5) is 17.7. The van der Waals surface area contributed by atoms with Gasteiger partial charge in [0.25, 0.3) is 0 Å². The van der Waals surface area contributed by atoms with E-state index in [4.69, 9.17) is 5.11 Å². The van der Waals surface area contributed by atoms with E-state index in [9.17, 15) is 4.79 Å². The second kappa shape index (κ2) is 4.84. The third-order valence-corrected chi connectivity index (χ3v) is 3.52. The van der Waals surface area contributed by atoms with Gasteiger partial charge in [-0.25, -0.2) is 0 Å². The average Bonchev–Trinajstić information content (AvgIpc) is 2.83. The molecule has 1 atom stereocenters. The second-order valence-electron chi connectivity index (χ2n) is 4.75. The fourth-order valence-electron chi connectivity index (χ4n) is 2.55. The van der Waals surface area contributed by atoms with Crippen LogP contribution in [0.3, 0.4) is 0 Å². The highest BCUT2D eigenvalue weighted by molar-refractivity contribution is 5.68. The third kappa shape index (κ3) is 2.47. The molecule has 4 heteroatoms. The molecule has 0 aromatic carbocycles. The Hall–Kier alpha value is -1.42. The number of carboxylic acid groups (broad SMARTS) is 1. The van der Waals surface area contributed by atoms with Gasteiger partial charge in [-0.2, -0.15) is 0 Å². The summed E-state index contributed by atoms with van der Waals surface area (Å²) in [5.74, 6) is -0.773. The van der Waals surface area contributed by atoms with Gasteiger partial charge in [0.2, 0.25) is 0 Å². The molecule has 0 amide bonds. The van der Waals surface area contributed by atoms with Crippen LogP contribution in [-0.2, 0) is 10.3 Å². The van der Waals surface area contributed by atoms with Gasteiger partial charge in [0.05, 0.1) is 17.7 Å². The molecule has 0 aliphatic carbocycles. The molecule has 1 aliphatic rings. The first-order valence-electron chi connectivity index (χ1n) is 6.01. The highest BCUT2D eigenvalue weighted by Crippen LogP contribution is 2.33. The summed E-state index contributed by atoms with van der Waals surface area (Å²) >= 11 is 0. The van der Waals surface area contributed by atoms with Crippen LogP contribution in [0.15, 0.2) is 24.4 Å². The number of hydrogen-bond acceptors (Lipinski definition) is 3. The molecule has 17 heavy (non-hydrogen) atoms. The summed E-state index contributed by atoms with van der Waals surface area (Å²) in [6, 6.07) is 5.69. The molecule has 1 fully saturated rings. The molecule has 92 valence electrons. The number of nitrogens with zero attached hydrogens (tertiary/aromatic N) is 2. The predicted molar refractivity (Wildman–Crippen MR) is 64.6 cm³/mol. The summed E-state index contributed by atoms with van der Waals surface area (Å²) in [5.41, 5.74) is 0.369. The number of likely N-dealkylation sites (tertiary alicyclic amines) is 1. The molecule has 0 radical (unpaired) electrons. The van der Waals surface area contributed by atoms with Crippen LogP contribution in [-0.4, -0.2) is 34.0 Å². The highest BCUT2D eigenvalue weighted by atomic mass is 16.4. The van der Waals surface area contributed by atoms with Crippen LogP contribution in [0.1, 0.15) is 31.9 Å². The van der Waals surface area contributed by atoms with Crippen LogP contribution in [0.4, 0.5) is 0 Å². The number of aliphatic carboxylic acids is 1. The molecule has 0 spiro atoms. The fraction of sp³-hybridized carbons (Fsp3) is 0.538. The van der Waals surface area contributed by atoms with E-state index >= 15 is 0 Å². The topological polar surface area (TPSA) is 53.4 Å². The minimum atomic E-state index is -0.773. The molecule has 1 aliphatic heterocycles. The largest absolute Gasteiger partial charge is 0.481 e. The summed E-state index contributed by atoms with van der Waals surface area (Å²) in [7, 11) is 0. The smallest absolute Gasteiger partial charge is 0.305 e. The van der Waals surface area contributed by atoms with E-state index in [1.807, 2.05) is 25.1 Å². The molecule has 0 saturated carbocycles. The number of rotatable bonds is 4. The molecule has 1 aromatic rings. The lowest BCUT2D eigenvalue weighted by molar-refractivity contribution is -0.140. The van der Waals surface area contributed by atoms with Gasteiger partial charge >= 0.3 is 5.97 Å². The number of carbonyl (C=O) groups is 1. The first-order chi connectivity index (χ1) is 8.13. The third-order valence-electron chi connectivity index (χ3n) is 3.52. The second-order valence-corrected chi connectivity index (χ2v) is 4.75. The number of carboxylic acids is 1. The van der Waals surface area contributed by atoms with Crippen LogP contribution in [0.25, 0.3) is 0 Å². The Morgan fingerprint density at radius 1 is 1.47 bits per heavy atom. The zero-order valence-corrected chi connectivity index (χ0v) is 10.1. The van der Waals surface area contributed by atoms with Gasteiger partial charge < -0.3 is 5.11 Å². The Kier molecular flexibility index (Phi) is 3.43. The molecule has 0 bridgehead atoms. The van der Waals surface area contributed by atoms with Crippen molar-refractivity contribution in [3.63, 3.8) is 0 Å². The van der Waals surface area contributed by atoms with E-state index < -0.39 is 11.5 Å². The maximum atomic E-state index is 11.1. The summed E-state index contributed by atoms with van der Waals surface area (Å²) in [6.07, 6.45) is 4.11. The molecule has 1 saturated heterocycles. The highest BCUT2D eigenvalue weighted by Gasteiger charge is 2.38. The Balaban J connectivity index is 2.32. The minimum absolute atomic E-state index is 0.101. The molecular formula is C13H18N2O2. The summed E-state index contributed by atoms with van der Waals surface area (Å²) in [5, 5.41) is 9.12. The van der Waals surface area contributed by atoms with Crippen molar-refractivity contribution in [3.8, 4) is 0 Å². The monoisotopic (exact) mass is 234 g/mol. The lowest BCUT2D eigenvalue weighted by atomic mass is 9.91. The maximum Gasteiger partial charge on any atom is 0.305 e. The Morgan fingerprint density at radius 3 is 2.71 bits per heavy atom.